The molecule has 0 spiro atoms. The summed E-state index contributed by atoms with van der Waals surface area (Å²) in [6, 6.07) is 4.54. The van der Waals surface area contributed by atoms with Gasteiger partial charge < -0.3 is 10.1 Å². The molecule has 1 aliphatic heterocycles. The van der Waals surface area contributed by atoms with Crippen molar-refractivity contribution in [3.63, 3.8) is 0 Å². The summed E-state index contributed by atoms with van der Waals surface area (Å²) in [5, 5.41) is 6.45. The van der Waals surface area contributed by atoms with E-state index in [0.29, 0.717) is 10.8 Å². The first-order chi connectivity index (χ1) is 13.9. The molecule has 0 fully saturated rings. The van der Waals surface area contributed by atoms with E-state index < -0.39 is 40.9 Å². The second kappa shape index (κ2) is 8.08. The Morgan fingerprint density at radius 3 is 2.67 bits per heavy atom. The van der Waals surface area contributed by atoms with Crippen LogP contribution in [0.1, 0.15) is 17.0 Å². The summed E-state index contributed by atoms with van der Waals surface area (Å²) in [6.07, 6.45) is -3.86. The van der Waals surface area contributed by atoms with Gasteiger partial charge in [-0.2, -0.15) is 22.6 Å². The van der Waals surface area contributed by atoms with Gasteiger partial charge in [0.25, 0.3) is 0 Å². The first kappa shape index (κ1) is 22.4. The highest BCUT2D eigenvalue weighted by Crippen LogP contribution is 2.35. The van der Waals surface area contributed by atoms with E-state index in [1.807, 2.05) is 0 Å². The van der Waals surface area contributed by atoms with E-state index in [1.54, 1.807) is 6.07 Å². The Hall–Kier alpha value is -2.31. The molecule has 0 radical (unpaired) electrons. The molecule has 1 N–H and O–H groups in total. The molecule has 1 aromatic heterocycles. The van der Waals surface area contributed by atoms with E-state index in [9.17, 15) is 26.4 Å². The lowest BCUT2D eigenvalue weighted by Gasteiger charge is -2.25. The third-order valence-corrected chi connectivity index (χ3v) is 6.05. The highest BCUT2D eigenvalue weighted by atomic mass is 35.5. The summed E-state index contributed by atoms with van der Waals surface area (Å²) in [6.45, 7) is -0.946. The zero-order valence-corrected chi connectivity index (χ0v) is 17.5. The molecular formula is C17H18ClF3N4O4S. The minimum Gasteiger partial charge on any atom is -0.495 e. The van der Waals surface area contributed by atoms with Crippen LogP contribution < -0.4 is 10.1 Å². The van der Waals surface area contributed by atoms with Crippen LogP contribution in [0.4, 0.5) is 18.9 Å². The largest absolute Gasteiger partial charge is 0.495 e. The molecule has 164 valence electrons. The number of alkyl halides is 3. The average Bonchev–Trinajstić information content (AvgIpc) is 2.99. The molecule has 30 heavy (non-hydrogen) atoms. The number of anilines is 1. The summed E-state index contributed by atoms with van der Waals surface area (Å²) < 4.78 is 71.0. The summed E-state index contributed by atoms with van der Waals surface area (Å²) in [4.78, 5) is 12.5. The number of carbonyl (C=O) groups is 1. The van der Waals surface area contributed by atoms with E-state index in [1.165, 1.54) is 19.2 Å². The maximum absolute atomic E-state index is 13.5. The number of ether oxygens (including phenoxy) is 1. The standard InChI is InChI=1S/C17H18ClF3N4O4S/c1-29-14-4-3-10(18)7-12(14)22-15(26)9-25-13-5-6-24(30(2,27)28)8-11(13)16(23-25)17(19,20)21/h3-4,7H,5-6,8-9H2,1-2H3,(H,22,26). The number of hydrogen-bond donors (Lipinski definition) is 1. The van der Waals surface area contributed by atoms with Gasteiger partial charge in [-0.15, -0.1) is 0 Å². The first-order valence-corrected chi connectivity index (χ1v) is 10.9. The average molecular weight is 467 g/mol. The van der Waals surface area contributed by atoms with Gasteiger partial charge in [0.05, 0.1) is 19.1 Å². The van der Waals surface area contributed by atoms with Crippen LogP contribution in [0, 0.1) is 0 Å². The third-order valence-electron chi connectivity index (χ3n) is 4.57. The molecule has 13 heteroatoms. The van der Waals surface area contributed by atoms with Crippen molar-refractivity contribution in [2.45, 2.75) is 25.7 Å². The Morgan fingerprint density at radius 2 is 2.07 bits per heavy atom. The number of nitrogens with zero attached hydrogens (tertiary/aromatic N) is 3. The molecule has 0 atom stereocenters. The van der Waals surface area contributed by atoms with Gasteiger partial charge >= 0.3 is 6.18 Å². The second-order valence-electron chi connectivity index (χ2n) is 6.67. The highest BCUT2D eigenvalue weighted by molar-refractivity contribution is 7.88. The molecule has 8 nitrogen and oxygen atoms in total. The monoisotopic (exact) mass is 466 g/mol. The maximum atomic E-state index is 13.5. The van der Waals surface area contributed by atoms with Crippen molar-refractivity contribution in [3.05, 3.63) is 40.2 Å². The van der Waals surface area contributed by atoms with Crippen molar-refractivity contribution in [1.29, 1.82) is 0 Å². The van der Waals surface area contributed by atoms with Crippen molar-refractivity contribution in [1.82, 2.24) is 14.1 Å². The smallest absolute Gasteiger partial charge is 0.435 e. The van der Waals surface area contributed by atoms with Crippen molar-refractivity contribution < 1.29 is 31.1 Å². The third kappa shape index (κ3) is 4.71. The van der Waals surface area contributed by atoms with Gasteiger partial charge in [0.1, 0.15) is 12.3 Å². The fraction of sp³-hybridized carbons (Fsp3) is 0.412. The molecule has 1 aliphatic rings. The Morgan fingerprint density at radius 1 is 1.37 bits per heavy atom. The predicted octanol–water partition coefficient (Wildman–Crippen LogP) is 2.52. The lowest BCUT2D eigenvalue weighted by atomic mass is 10.1. The number of aromatic nitrogens is 2. The molecule has 0 unspecified atom stereocenters. The molecule has 0 bridgehead atoms. The summed E-state index contributed by atoms with van der Waals surface area (Å²) >= 11 is 5.91. The zero-order chi connectivity index (χ0) is 22.3. The molecule has 0 saturated carbocycles. The molecule has 2 aromatic rings. The molecule has 0 saturated heterocycles. The minimum absolute atomic E-state index is 0.000744. The lowest BCUT2D eigenvalue weighted by Crippen LogP contribution is -2.36. The van der Waals surface area contributed by atoms with Crippen LogP contribution in [0.3, 0.4) is 0 Å². The molecule has 3 rings (SSSR count). The summed E-state index contributed by atoms with van der Waals surface area (Å²) in [5.74, 6) is -0.310. The number of benzene rings is 1. The van der Waals surface area contributed by atoms with Crippen LogP contribution in [0.25, 0.3) is 0 Å². The molecule has 1 aromatic carbocycles. The van der Waals surface area contributed by atoms with Crippen molar-refractivity contribution >= 4 is 33.2 Å². The molecular weight excluding hydrogens is 449 g/mol. The maximum Gasteiger partial charge on any atom is 0.435 e. The first-order valence-electron chi connectivity index (χ1n) is 8.64. The number of carbonyl (C=O) groups excluding carboxylic acids is 1. The van der Waals surface area contributed by atoms with Gasteiger partial charge in [-0.3, -0.25) is 9.48 Å². The number of hydrogen-bond acceptors (Lipinski definition) is 5. The van der Waals surface area contributed by atoms with Crippen LogP contribution >= 0.6 is 11.6 Å². The topological polar surface area (TPSA) is 93.5 Å². The number of sulfonamides is 1. The second-order valence-corrected chi connectivity index (χ2v) is 9.09. The Balaban J connectivity index is 1.90. The Labute approximate surface area is 175 Å². The fourth-order valence-corrected chi connectivity index (χ4v) is 4.17. The van der Waals surface area contributed by atoms with Crippen LogP contribution in [-0.4, -0.2) is 48.3 Å². The van der Waals surface area contributed by atoms with E-state index in [4.69, 9.17) is 16.3 Å². The predicted molar refractivity (Wildman–Crippen MR) is 103 cm³/mol. The summed E-state index contributed by atoms with van der Waals surface area (Å²) in [7, 11) is -2.28. The minimum atomic E-state index is -4.79. The number of fused-ring (bicyclic) bond motifs is 1. The van der Waals surface area contributed by atoms with Gasteiger partial charge in [0.15, 0.2) is 5.69 Å². The number of rotatable bonds is 5. The number of nitrogens with one attached hydrogen (secondary N) is 1. The van der Waals surface area contributed by atoms with E-state index in [2.05, 4.69) is 10.4 Å². The van der Waals surface area contributed by atoms with Gasteiger partial charge in [-0.25, -0.2) is 8.42 Å². The highest BCUT2D eigenvalue weighted by Gasteiger charge is 2.41. The van der Waals surface area contributed by atoms with E-state index in [-0.39, 0.29) is 29.9 Å². The lowest BCUT2D eigenvalue weighted by molar-refractivity contribution is -0.142. The molecule has 2 heterocycles. The number of amides is 1. The Kier molecular flexibility index (Phi) is 6.03. The summed E-state index contributed by atoms with van der Waals surface area (Å²) in [5.41, 5.74) is -1.00. The van der Waals surface area contributed by atoms with Gasteiger partial charge in [-0.1, -0.05) is 11.6 Å². The number of methoxy groups -OCH3 is 1. The quantitative estimate of drug-likeness (QED) is 0.731. The molecule has 0 aliphatic carbocycles. The van der Waals surface area contributed by atoms with Gasteiger partial charge in [0.2, 0.25) is 15.9 Å². The normalized spacial score (nSPS) is 15.0. The molecule has 1 amide bonds. The van der Waals surface area contributed by atoms with Crippen LogP contribution in [0.2, 0.25) is 5.02 Å². The van der Waals surface area contributed by atoms with Gasteiger partial charge in [-0.05, 0) is 18.2 Å². The number of halogens is 4. The zero-order valence-electron chi connectivity index (χ0n) is 16.0. The van der Waals surface area contributed by atoms with Crippen LogP contribution in [-0.2, 0) is 40.5 Å². The van der Waals surface area contributed by atoms with Crippen molar-refractivity contribution in [2.75, 3.05) is 25.2 Å². The van der Waals surface area contributed by atoms with E-state index >= 15 is 0 Å². The van der Waals surface area contributed by atoms with Gasteiger partial charge in [0, 0.05) is 35.8 Å². The van der Waals surface area contributed by atoms with Crippen molar-refractivity contribution in [2.24, 2.45) is 0 Å². The van der Waals surface area contributed by atoms with Crippen LogP contribution in [0.5, 0.6) is 5.75 Å². The van der Waals surface area contributed by atoms with Crippen LogP contribution in [0.15, 0.2) is 18.2 Å². The fourth-order valence-electron chi connectivity index (χ4n) is 3.21. The van der Waals surface area contributed by atoms with Crippen molar-refractivity contribution in [3.8, 4) is 5.75 Å². The van der Waals surface area contributed by atoms with E-state index in [0.717, 1.165) is 15.2 Å². The Bertz CT molecular complexity index is 1090. The SMILES string of the molecule is COc1ccc(Cl)cc1NC(=O)Cn1nc(C(F)(F)F)c2c1CCN(S(C)(=O)=O)C2.